The molecule has 1 nitrogen and oxygen atoms in total. The van der Waals surface area contributed by atoms with Gasteiger partial charge in [0.1, 0.15) is 0 Å². The second kappa shape index (κ2) is 5.12. The van der Waals surface area contributed by atoms with Crippen molar-refractivity contribution < 1.29 is 5.11 Å². The van der Waals surface area contributed by atoms with Crippen molar-refractivity contribution in [1.82, 2.24) is 0 Å². The lowest BCUT2D eigenvalue weighted by Gasteiger charge is -2.10. The van der Waals surface area contributed by atoms with E-state index in [1.165, 1.54) is 0 Å². The van der Waals surface area contributed by atoms with Gasteiger partial charge in [-0.1, -0.05) is 13.8 Å². The summed E-state index contributed by atoms with van der Waals surface area (Å²) in [7, 11) is 0. The van der Waals surface area contributed by atoms with E-state index in [4.69, 9.17) is 0 Å². The molecule has 0 aromatic carbocycles. The van der Waals surface area contributed by atoms with Crippen LogP contribution >= 0.6 is 11.8 Å². The minimum Gasteiger partial charge on any atom is -0.392 e. The molecule has 1 atom stereocenters. The molecule has 2 heteroatoms. The summed E-state index contributed by atoms with van der Waals surface area (Å²) >= 11 is 1.70. The highest BCUT2D eigenvalue weighted by atomic mass is 32.2. The first-order valence-corrected chi connectivity index (χ1v) is 4.73. The molecule has 0 spiro atoms. The van der Waals surface area contributed by atoms with E-state index in [1.54, 1.807) is 11.8 Å². The predicted molar refractivity (Wildman–Crippen MR) is 43.8 cm³/mol. The molecule has 0 aromatic heterocycles. The van der Waals surface area contributed by atoms with E-state index < -0.39 is 0 Å². The highest BCUT2D eigenvalue weighted by Gasteiger charge is 2.04. The highest BCUT2D eigenvalue weighted by Crippen LogP contribution is 2.07. The third-order valence-electron chi connectivity index (χ3n) is 1.10. The molecule has 0 aliphatic carbocycles. The quantitative estimate of drug-likeness (QED) is 0.655. The maximum atomic E-state index is 9.20. The van der Waals surface area contributed by atoms with Crippen LogP contribution in [0.2, 0.25) is 0 Å². The van der Waals surface area contributed by atoms with E-state index in [-0.39, 0.29) is 6.10 Å². The largest absolute Gasteiger partial charge is 0.392 e. The van der Waals surface area contributed by atoms with Crippen molar-refractivity contribution in [3.63, 3.8) is 0 Å². The van der Waals surface area contributed by atoms with Crippen molar-refractivity contribution in [2.45, 2.75) is 26.4 Å². The first-order valence-electron chi connectivity index (χ1n) is 3.33. The molecule has 0 saturated carbocycles. The standard InChI is InChI=1S/C7H16OS/c1-6(2)4-7(8)5-9-3/h6-8H,4-5H2,1-3H3. The Balaban J connectivity index is 3.15. The highest BCUT2D eigenvalue weighted by molar-refractivity contribution is 7.98. The zero-order valence-corrected chi connectivity index (χ0v) is 7.24. The van der Waals surface area contributed by atoms with Crippen molar-refractivity contribution in [2.24, 2.45) is 5.92 Å². The Hall–Kier alpha value is 0.310. The zero-order chi connectivity index (χ0) is 7.28. The van der Waals surface area contributed by atoms with Gasteiger partial charge in [-0.2, -0.15) is 11.8 Å². The average Bonchev–Trinajstić information content (AvgIpc) is 1.63. The molecule has 0 aliphatic rings. The van der Waals surface area contributed by atoms with Crippen LogP contribution in [-0.2, 0) is 0 Å². The summed E-state index contributed by atoms with van der Waals surface area (Å²) in [4.78, 5) is 0. The van der Waals surface area contributed by atoms with Crippen LogP contribution in [0.25, 0.3) is 0 Å². The summed E-state index contributed by atoms with van der Waals surface area (Å²) in [5.74, 6) is 1.49. The number of aliphatic hydroxyl groups is 1. The Morgan fingerprint density at radius 3 is 2.33 bits per heavy atom. The number of thioether (sulfide) groups is 1. The molecule has 0 aromatic rings. The fourth-order valence-electron chi connectivity index (χ4n) is 0.805. The van der Waals surface area contributed by atoms with E-state index in [1.807, 2.05) is 6.26 Å². The summed E-state index contributed by atoms with van der Waals surface area (Å²) in [6.07, 6.45) is 2.85. The minimum absolute atomic E-state index is 0.0972. The van der Waals surface area contributed by atoms with E-state index >= 15 is 0 Å². The monoisotopic (exact) mass is 148 g/mol. The molecule has 0 heterocycles. The predicted octanol–water partition coefficient (Wildman–Crippen LogP) is 1.76. The molecular formula is C7H16OS. The van der Waals surface area contributed by atoms with Crippen LogP contribution in [-0.4, -0.2) is 23.2 Å². The van der Waals surface area contributed by atoms with Gasteiger partial charge in [-0.3, -0.25) is 0 Å². The number of hydrogen-bond acceptors (Lipinski definition) is 2. The van der Waals surface area contributed by atoms with Crippen molar-refractivity contribution >= 4 is 11.8 Å². The van der Waals surface area contributed by atoms with E-state index in [2.05, 4.69) is 13.8 Å². The average molecular weight is 148 g/mol. The summed E-state index contributed by atoms with van der Waals surface area (Å²) < 4.78 is 0. The Labute approximate surface area is 61.8 Å². The van der Waals surface area contributed by atoms with Crippen LogP contribution in [0.5, 0.6) is 0 Å². The van der Waals surface area contributed by atoms with E-state index in [9.17, 15) is 5.11 Å². The molecule has 0 radical (unpaired) electrons. The smallest absolute Gasteiger partial charge is 0.0632 e. The lowest BCUT2D eigenvalue weighted by atomic mass is 10.1. The normalized spacial score (nSPS) is 14.3. The first kappa shape index (κ1) is 9.31. The van der Waals surface area contributed by atoms with Crippen LogP contribution in [0.3, 0.4) is 0 Å². The molecule has 0 aliphatic heterocycles. The van der Waals surface area contributed by atoms with E-state index in [0.29, 0.717) is 5.92 Å². The lowest BCUT2D eigenvalue weighted by molar-refractivity contribution is 0.172. The zero-order valence-electron chi connectivity index (χ0n) is 6.42. The Morgan fingerprint density at radius 1 is 1.44 bits per heavy atom. The number of aliphatic hydroxyl groups excluding tert-OH is 1. The van der Waals surface area contributed by atoms with Crippen molar-refractivity contribution in [3.05, 3.63) is 0 Å². The SMILES string of the molecule is CSCC(O)CC(C)C. The van der Waals surface area contributed by atoms with Crippen molar-refractivity contribution in [3.8, 4) is 0 Å². The van der Waals surface area contributed by atoms with Gasteiger partial charge < -0.3 is 5.11 Å². The van der Waals surface area contributed by atoms with Crippen LogP contribution < -0.4 is 0 Å². The summed E-state index contributed by atoms with van der Waals surface area (Å²) in [5, 5.41) is 9.20. The maximum Gasteiger partial charge on any atom is 0.0632 e. The van der Waals surface area contributed by atoms with Gasteiger partial charge in [0.05, 0.1) is 6.10 Å². The molecule has 0 rings (SSSR count). The number of hydrogen-bond donors (Lipinski definition) is 1. The molecule has 0 amide bonds. The second-order valence-corrected chi connectivity index (χ2v) is 3.65. The molecule has 1 unspecified atom stereocenters. The number of rotatable bonds is 4. The molecule has 9 heavy (non-hydrogen) atoms. The minimum atomic E-state index is -0.0972. The molecule has 0 saturated heterocycles. The topological polar surface area (TPSA) is 20.2 Å². The molecular weight excluding hydrogens is 132 g/mol. The summed E-state index contributed by atoms with van der Waals surface area (Å²) in [6.45, 7) is 4.26. The van der Waals surface area contributed by atoms with E-state index in [0.717, 1.165) is 12.2 Å². The van der Waals surface area contributed by atoms with Crippen LogP contribution in [0.1, 0.15) is 20.3 Å². The van der Waals surface area contributed by atoms with Crippen LogP contribution in [0.15, 0.2) is 0 Å². The van der Waals surface area contributed by atoms with Gasteiger partial charge in [0.15, 0.2) is 0 Å². The molecule has 0 bridgehead atoms. The van der Waals surface area contributed by atoms with Gasteiger partial charge >= 0.3 is 0 Å². The third kappa shape index (κ3) is 6.19. The van der Waals surface area contributed by atoms with Gasteiger partial charge in [0.2, 0.25) is 0 Å². The molecule has 1 N–H and O–H groups in total. The molecule has 0 fully saturated rings. The lowest BCUT2D eigenvalue weighted by Crippen LogP contribution is -2.12. The second-order valence-electron chi connectivity index (χ2n) is 2.74. The van der Waals surface area contributed by atoms with Gasteiger partial charge in [0, 0.05) is 5.75 Å². The Bertz CT molecular complexity index is 63.9. The van der Waals surface area contributed by atoms with Gasteiger partial charge in [-0.25, -0.2) is 0 Å². The maximum absolute atomic E-state index is 9.20. The molecule has 56 valence electrons. The van der Waals surface area contributed by atoms with Crippen molar-refractivity contribution in [2.75, 3.05) is 12.0 Å². The first-order chi connectivity index (χ1) is 4.16. The van der Waals surface area contributed by atoms with Crippen LogP contribution in [0, 0.1) is 5.92 Å². The Kier molecular flexibility index (Phi) is 5.30. The summed E-state index contributed by atoms with van der Waals surface area (Å²) in [6, 6.07) is 0. The van der Waals surface area contributed by atoms with Crippen LogP contribution in [0.4, 0.5) is 0 Å². The third-order valence-corrected chi connectivity index (χ3v) is 1.82. The fraction of sp³-hybridized carbons (Fsp3) is 1.00. The fourth-order valence-corrected chi connectivity index (χ4v) is 1.33. The van der Waals surface area contributed by atoms with Gasteiger partial charge in [-0.15, -0.1) is 0 Å². The van der Waals surface area contributed by atoms with Crippen molar-refractivity contribution in [1.29, 1.82) is 0 Å². The summed E-state index contributed by atoms with van der Waals surface area (Å²) in [5.41, 5.74) is 0. The Morgan fingerprint density at radius 2 is 2.00 bits per heavy atom. The van der Waals surface area contributed by atoms with Gasteiger partial charge in [-0.05, 0) is 18.6 Å². The van der Waals surface area contributed by atoms with Gasteiger partial charge in [0.25, 0.3) is 0 Å².